The molecule has 6 heteroatoms. The number of piperazine rings is 1. The van der Waals surface area contributed by atoms with Crippen molar-refractivity contribution in [2.75, 3.05) is 38.2 Å². The van der Waals surface area contributed by atoms with E-state index in [0.717, 1.165) is 35.8 Å². The number of anilines is 1. The second-order valence-electron chi connectivity index (χ2n) is 6.66. The molecule has 1 aromatic carbocycles. The number of aryl methyl sites for hydroxylation is 1. The van der Waals surface area contributed by atoms with Gasteiger partial charge in [-0.2, -0.15) is 0 Å². The summed E-state index contributed by atoms with van der Waals surface area (Å²) in [6.45, 7) is 8.05. The van der Waals surface area contributed by atoms with Gasteiger partial charge in [-0.1, -0.05) is 0 Å². The zero-order valence-corrected chi connectivity index (χ0v) is 15.8. The SMILES string of the molecule is COc1ccc(N2CCN(C(=O)c3[nH]c(C)c(C(C)=O)c3C)CC2)cc1. The molecule has 0 aliphatic carbocycles. The highest BCUT2D eigenvalue weighted by Gasteiger charge is 2.26. The van der Waals surface area contributed by atoms with E-state index in [1.54, 1.807) is 7.11 Å². The monoisotopic (exact) mass is 355 g/mol. The normalized spacial score (nSPS) is 14.5. The molecule has 2 heterocycles. The molecule has 1 amide bonds. The van der Waals surface area contributed by atoms with Gasteiger partial charge in [-0.25, -0.2) is 0 Å². The summed E-state index contributed by atoms with van der Waals surface area (Å²) >= 11 is 0. The van der Waals surface area contributed by atoms with Crippen LogP contribution in [0.3, 0.4) is 0 Å². The fraction of sp³-hybridized carbons (Fsp3) is 0.400. The fourth-order valence-corrected chi connectivity index (χ4v) is 3.61. The summed E-state index contributed by atoms with van der Waals surface area (Å²) in [5, 5.41) is 0. The molecule has 1 N–H and O–H groups in total. The maximum absolute atomic E-state index is 12.9. The van der Waals surface area contributed by atoms with Crippen LogP contribution < -0.4 is 9.64 Å². The van der Waals surface area contributed by atoms with Crippen molar-refractivity contribution in [3.63, 3.8) is 0 Å². The number of Topliss-reactive ketones (excluding diaryl/α,β-unsaturated/α-hetero) is 1. The number of nitrogens with one attached hydrogen (secondary N) is 1. The smallest absolute Gasteiger partial charge is 0.270 e. The number of rotatable bonds is 4. The van der Waals surface area contributed by atoms with E-state index in [9.17, 15) is 9.59 Å². The van der Waals surface area contributed by atoms with Crippen molar-refractivity contribution < 1.29 is 14.3 Å². The summed E-state index contributed by atoms with van der Waals surface area (Å²) in [6, 6.07) is 7.96. The van der Waals surface area contributed by atoms with Gasteiger partial charge in [0.05, 0.1) is 7.11 Å². The standard InChI is InChI=1S/C20H25N3O3/c1-13-18(15(3)24)14(2)21-19(13)20(25)23-11-9-22(10-12-23)16-5-7-17(26-4)8-6-16/h5-8,21H,9-12H2,1-4H3. The van der Waals surface area contributed by atoms with Crippen molar-refractivity contribution in [1.82, 2.24) is 9.88 Å². The molecule has 1 fully saturated rings. The number of benzene rings is 1. The Bertz CT molecular complexity index is 816. The molecule has 26 heavy (non-hydrogen) atoms. The average Bonchev–Trinajstić information content (AvgIpc) is 2.95. The second-order valence-corrected chi connectivity index (χ2v) is 6.66. The Balaban J connectivity index is 1.69. The maximum atomic E-state index is 12.9. The molecule has 1 aromatic heterocycles. The van der Waals surface area contributed by atoms with E-state index >= 15 is 0 Å². The predicted octanol–water partition coefficient (Wildman–Crippen LogP) is 2.81. The predicted molar refractivity (Wildman–Crippen MR) is 101 cm³/mol. The molecular formula is C20H25N3O3. The molecule has 2 aromatic rings. The van der Waals surface area contributed by atoms with E-state index in [4.69, 9.17) is 4.74 Å². The number of ketones is 1. The number of nitrogens with zero attached hydrogens (tertiary/aromatic N) is 2. The third-order valence-corrected chi connectivity index (χ3v) is 5.01. The summed E-state index contributed by atoms with van der Waals surface area (Å²) in [7, 11) is 1.65. The van der Waals surface area contributed by atoms with Crippen LogP contribution in [0.2, 0.25) is 0 Å². The second kappa shape index (κ2) is 7.23. The van der Waals surface area contributed by atoms with Crippen molar-refractivity contribution in [3.05, 3.63) is 46.8 Å². The third-order valence-electron chi connectivity index (χ3n) is 5.01. The van der Waals surface area contributed by atoms with Gasteiger partial charge in [-0.15, -0.1) is 0 Å². The highest BCUT2D eigenvalue weighted by atomic mass is 16.5. The molecule has 0 saturated carbocycles. The van der Waals surface area contributed by atoms with Gasteiger partial charge in [0.2, 0.25) is 0 Å². The van der Waals surface area contributed by atoms with Gasteiger partial charge >= 0.3 is 0 Å². The number of H-pyrrole nitrogens is 1. The van der Waals surface area contributed by atoms with E-state index < -0.39 is 0 Å². The van der Waals surface area contributed by atoms with Gasteiger partial charge in [0.15, 0.2) is 5.78 Å². The van der Waals surface area contributed by atoms with Crippen molar-refractivity contribution in [2.45, 2.75) is 20.8 Å². The molecule has 3 rings (SSSR count). The first-order valence-corrected chi connectivity index (χ1v) is 8.80. The fourth-order valence-electron chi connectivity index (χ4n) is 3.61. The number of aromatic amines is 1. The Kier molecular flexibility index (Phi) is 5.02. The topological polar surface area (TPSA) is 65.6 Å². The molecule has 1 saturated heterocycles. The van der Waals surface area contributed by atoms with Crippen molar-refractivity contribution in [1.29, 1.82) is 0 Å². The summed E-state index contributed by atoms with van der Waals surface area (Å²) in [6.07, 6.45) is 0. The molecule has 0 radical (unpaired) electrons. The Morgan fingerprint density at radius 2 is 1.65 bits per heavy atom. The Labute approximate surface area is 153 Å². The number of methoxy groups -OCH3 is 1. The summed E-state index contributed by atoms with van der Waals surface area (Å²) in [5.74, 6) is 0.786. The van der Waals surface area contributed by atoms with E-state index in [1.165, 1.54) is 6.92 Å². The Morgan fingerprint density at radius 1 is 1.04 bits per heavy atom. The van der Waals surface area contributed by atoms with Crippen LogP contribution in [0.1, 0.15) is 39.0 Å². The van der Waals surface area contributed by atoms with Crippen LogP contribution in [0.15, 0.2) is 24.3 Å². The van der Waals surface area contributed by atoms with Crippen LogP contribution >= 0.6 is 0 Å². The van der Waals surface area contributed by atoms with Crippen molar-refractivity contribution in [2.24, 2.45) is 0 Å². The van der Waals surface area contributed by atoms with E-state index in [2.05, 4.69) is 9.88 Å². The van der Waals surface area contributed by atoms with Crippen LogP contribution in [0, 0.1) is 13.8 Å². The quantitative estimate of drug-likeness (QED) is 0.857. The van der Waals surface area contributed by atoms with Gasteiger partial charge in [-0.05, 0) is 50.6 Å². The van der Waals surface area contributed by atoms with E-state index in [1.807, 2.05) is 43.0 Å². The van der Waals surface area contributed by atoms with Gasteiger partial charge in [0.1, 0.15) is 11.4 Å². The van der Waals surface area contributed by atoms with Crippen molar-refractivity contribution in [3.8, 4) is 5.75 Å². The molecule has 1 aliphatic rings. The summed E-state index contributed by atoms with van der Waals surface area (Å²) in [4.78, 5) is 31.9. The average molecular weight is 355 g/mol. The lowest BCUT2D eigenvalue weighted by Crippen LogP contribution is -2.49. The lowest BCUT2D eigenvalue weighted by atomic mass is 10.1. The number of hydrogen-bond acceptors (Lipinski definition) is 4. The van der Waals surface area contributed by atoms with Crippen LogP contribution in [-0.4, -0.2) is 54.9 Å². The van der Waals surface area contributed by atoms with Crippen LogP contribution in [0.5, 0.6) is 5.75 Å². The number of hydrogen-bond donors (Lipinski definition) is 1. The third kappa shape index (κ3) is 3.31. The first-order valence-electron chi connectivity index (χ1n) is 8.80. The highest BCUT2D eigenvalue weighted by molar-refractivity contribution is 6.02. The Morgan fingerprint density at radius 3 is 2.15 bits per heavy atom. The maximum Gasteiger partial charge on any atom is 0.270 e. The van der Waals surface area contributed by atoms with Crippen LogP contribution in [-0.2, 0) is 0 Å². The summed E-state index contributed by atoms with van der Waals surface area (Å²) < 4.78 is 5.19. The molecule has 138 valence electrons. The van der Waals surface area contributed by atoms with Crippen LogP contribution in [0.25, 0.3) is 0 Å². The first-order chi connectivity index (χ1) is 12.4. The highest BCUT2D eigenvalue weighted by Crippen LogP contribution is 2.23. The van der Waals surface area contributed by atoms with E-state index in [0.29, 0.717) is 24.3 Å². The van der Waals surface area contributed by atoms with Gasteiger partial charge in [0, 0.05) is 43.1 Å². The van der Waals surface area contributed by atoms with Crippen molar-refractivity contribution >= 4 is 17.4 Å². The molecule has 0 spiro atoms. The molecule has 1 aliphatic heterocycles. The first kappa shape index (κ1) is 18.0. The minimum absolute atomic E-state index is 0.0142. The molecular weight excluding hydrogens is 330 g/mol. The largest absolute Gasteiger partial charge is 0.497 e. The number of ether oxygens (including phenoxy) is 1. The lowest BCUT2D eigenvalue weighted by Gasteiger charge is -2.36. The minimum atomic E-state index is -0.0347. The summed E-state index contributed by atoms with van der Waals surface area (Å²) in [5.41, 5.74) is 3.80. The molecule has 0 unspecified atom stereocenters. The minimum Gasteiger partial charge on any atom is -0.497 e. The number of amides is 1. The molecule has 6 nitrogen and oxygen atoms in total. The van der Waals surface area contributed by atoms with Gasteiger partial charge in [-0.3, -0.25) is 9.59 Å². The molecule has 0 atom stereocenters. The zero-order valence-electron chi connectivity index (χ0n) is 15.8. The molecule has 0 bridgehead atoms. The number of carbonyl (C=O) groups is 2. The number of carbonyl (C=O) groups excluding carboxylic acids is 2. The van der Waals surface area contributed by atoms with Crippen LogP contribution in [0.4, 0.5) is 5.69 Å². The Hall–Kier alpha value is -2.76. The van der Waals surface area contributed by atoms with E-state index in [-0.39, 0.29) is 11.7 Å². The van der Waals surface area contributed by atoms with Gasteiger partial charge < -0.3 is 19.5 Å². The number of aromatic nitrogens is 1. The lowest BCUT2D eigenvalue weighted by molar-refractivity contribution is 0.0740. The van der Waals surface area contributed by atoms with Gasteiger partial charge in [0.25, 0.3) is 5.91 Å². The zero-order chi connectivity index (χ0) is 18.8.